The summed E-state index contributed by atoms with van der Waals surface area (Å²) < 4.78 is 19.5. The number of likely N-dealkylation sites (tertiary alicyclic amines) is 2. The van der Waals surface area contributed by atoms with E-state index in [2.05, 4.69) is 11.8 Å². The van der Waals surface area contributed by atoms with E-state index in [0.717, 1.165) is 51.1 Å². The molecule has 1 aromatic heterocycles. The molecule has 1 atom stereocenters. The number of nitrogens with zero attached hydrogens (tertiary/aromatic N) is 2. The highest BCUT2D eigenvalue weighted by atomic mass is 19.1. The Morgan fingerprint density at radius 2 is 2.08 bits per heavy atom. The highest BCUT2D eigenvalue weighted by Crippen LogP contribution is 2.40. The number of halogens is 1. The van der Waals surface area contributed by atoms with Crippen molar-refractivity contribution in [2.75, 3.05) is 32.7 Å². The molecule has 5 heteroatoms. The van der Waals surface area contributed by atoms with Crippen LogP contribution in [0.3, 0.4) is 0 Å². The largest absolute Gasteiger partial charge is 0.448 e. The fraction of sp³-hybridized carbons (Fsp3) is 0.526. The number of carbonyl (C=O) groups is 1. The maximum atomic E-state index is 13.9. The monoisotopic (exact) mass is 330 g/mol. The summed E-state index contributed by atoms with van der Waals surface area (Å²) in [5, 5.41) is 0.685. The number of rotatable bonds is 2. The molecular weight excluding hydrogens is 307 g/mol. The van der Waals surface area contributed by atoms with Gasteiger partial charge in [0.2, 0.25) is 0 Å². The summed E-state index contributed by atoms with van der Waals surface area (Å²) in [5.74, 6) is -0.227. The van der Waals surface area contributed by atoms with Gasteiger partial charge in [-0.3, -0.25) is 4.79 Å². The number of benzene rings is 1. The Labute approximate surface area is 141 Å². The first-order valence-electron chi connectivity index (χ1n) is 8.72. The highest BCUT2D eigenvalue weighted by molar-refractivity contribution is 5.99. The minimum absolute atomic E-state index is 0.102. The van der Waals surface area contributed by atoms with Crippen LogP contribution in [0.4, 0.5) is 4.39 Å². The first kappa shape index (κ1) is 15.6. The second-order valence-electron chi connectivity index (χ2n) is 7.27. The van der Waals surface area contributed by atoms with Gasteiger partial charge in [-0.25, -0.2) is 4.39 Å². The Balaban J connectivity index is 1.59. The first-order chi connectivity index (χ1) is 11.5. The smallest absolute Gasteiger partial charge is 0.289 e. The molecule has 1 amide bonds. The molecule has 2 saturated heterocycles. The first-order valence-corrected chi connectivity index (χ1v) is 8.72. The molecule has 1 unspecified atom stereocenters. The number of hydrogen-bond donors (Lipinski definition) is 0. The Morgan fingerprint density at radius 3 is 2.79 bits per heavy atom. The van der Waals surface area contributed by atoms with Crippen LogP contribution < -0.4 is 0 Å². The zero-order valence-corrected chi connectivity index (χ0v) is 14.3. The van der Waals surface area contributed by atoms with E-state index < -0.39 is 5.82 Å². The number of amides is 1. The van der Waals surface area contributed by atoms with Crippen LogP contribution in [0, 0.1) is 18.2 Å². The van der Waals surface area contributed by atoms with Crippen molar-refractivity contribution < 1.29 is 13.6 Å². The van der Waals surface area contributed by atoms with Crippen molar-refractivity contribution in [3.05, 3.63) is 35.3 Å². The lowest BCUT2D eigenvalue weighted by Crippen LogP contribution is -2.34. The van der Waals surface area contributed by atoms with Crippen molar-refractivity contribution in [1.29, 1.82) is 0 Å². The molecule has 128 valence electrons. The van der Waals surface area contributed by atoms with E-state index in [1.165, 1.54) is 6.07 Å². The van der Waals surface area contributed by atoms with Crippen LogP contribution in [0.15, 0.2) is 22.6 Å². The van der Waals surface area contributed by atoms with Crippen LogP contribution in [-0.2, 0) is 0 Å². The van der Waals surface area contributed by atoms with Crippen molar-refractivity contribution in [3.8, 4) is 0 Å². The number of hydrogen-bond acceptors (Lipinski definition) is 3. The van der Waals surface area contributed by atoms with E-state index in [0.29, 0.717) is 5.39 Å². The fourth-order valence-electron chi connectivity index (χ4n) is 4.30. The molecule has 0 aliphatic carbocycles. The lowest BCUT2D eigenvalue weighted by atomic mass is 9.86. The van der Waals surface area contributed by atoms with Crippen molar-refractivity contribution in [1.82, 2.24) is 9.80 Å². The topological polar surface area (TPSA) is 36.7 Å². The Bertz CT molecular complexity index is 800. The number of carbonyl (C=O) groups excluding carboxylic acids is 1. The van der Waals surface area contributed by atoms with Crippen molar-refractivity contribution in [2.24, 2.45) is 5.41 Å². The van der Waals surface area contributed by atoms with E-state index >= 15 is 0 Å². The SMILES string of the molecule is CCN1CCC2(CCN(C(=O)c3oc4c(F)cccc4c3C)C2)C1. The van der Waals surface area contributed by atoms with Crippen LogP contribution >= 0.6 is 0 Å². The molecule has 0 radical (unpaired) electrons. The summed E-state index contributed by atoms with van der Waals surface area (Å²) >= 11 is 0. The van der Waals surface area contributed by atoms with E-state index in [4.69, 9.17) is 4.42 Å². The number of fused-ring (bicyclic) bond motifs is 1. The van der Waals surface area contributed by atoms with Gasteiger partial charge in [0.1, 0.15) is 0 Å². The minimum Gasteiger partial charge on any atom is -0.448 e. The Kier molecular flexibility index (Phi) is 3.64. The number of para-hydroxylation sites is 1. The Hall–Kier alpha value is -1.88. The molecule has 2 aliphatic rings. The molecule has 1 aromatic carbocycles. The number of furan rings is 1. The maximum Gasteiger partial charge on any atom is 0.289 e. The summed E-state index contributed by atoms with van der Waals surface area (Å²) in [6.07, 6.45) is 2.20. The van der Waals surface area contributed by atoms with E-state index in [1.54, 1.807) is 12.1 Å². The zero-order chi connectivity index (χ0) is 16.9. The Morgan fingerprint density at radius 1 is 1.29 bits per heavy atom. The third kappa shape index (κ3) is 2.34. The van der Waals surface area contributed by atoms with Gasteiger partial charge in [-0.15, -0.1) is 0 Å². The lowest BCUT2D eigenvalue weighted by molar-refractivity contribution is 0.0743. The number of aryl methyl sites for hydroxylation is 1. The lowest BCUT2D eigenvalue weighted by Gasteiger charge is -2.24. The molecule has 2 fully saturated rings. The van der Waals surface area contributed by atoms with Gasteiger partial charge >= 0.3 is 0 Å². The van der Waals surface area contributed by atoms with Gasteiger partial charge in [-0.1, -0.05) is 19.1 Å². The third-order valence-corrected chi connectivity index (χ3v) is 5.80. The molecule has 24 heavy (non-hydrogen) atoms. The molecule has 2 aromatic rings. The molecule has 3 heterocycles. The molecule has 2 aliphatic heterocycles. The molecule has 1 spiro atoms. The average molecular weight is 330 g/mol. The van der Waals surface area contributed by atoms with Gasteiger partial charge in [-0.2, -0.15) is 0 Å². The molecule has 4 nitrogen and oxygen atoms in total. The molecular formula is C19H23FN2O2. The predicted molar refractivity (Wildman–Crippen MR) is 90.6 cm³/mol. The van der Waals surface area contributed by atoms with Crippen molar-refractivity contribution in [3.63, 3.8) is 0 Å². The maximum absolute atomic E-state index is 13.9. The van der Waals surface area contributed by atoms with E-state index in [9.17, 15) is 9.18 Å². The van der Waals surface area contributed by atoms with Crippen LogP contribution in [-0.4, -0.2) is 48.4 Å². The normalized spacial score (nSPS) is 24.5. The molecule has 0 saturated carbocycles. The fourth-order valence-corrected chi connectivity index (χ4v) is 4.30. The average Bonchev–Trinajstić information content (AvgIpc) is 3.27. The van der Waals surface area contributed by atoms with Gasteiger partial charge in [0, 0.05) is 36.0 Å². The molecule has 4 rings (SSSR count). The van der Waals surface area contributed by atoms with Crippen LogP contribution in [0.5, 0.6) is 0 Å². The quantitative estimate of drug-likeness (QED) is 0.846. The van der Waals surface area contributed by atoms with E-state index in [-0.39, 0.29) is 22.7 Å². The van der Waals surface area contributed by atoms with Gasteiger partial charge in [-0.05, 0) is 38.9 Å². The summed E-state index contributed by atoms with van der Waals surface area (Å²) in [5.41, 5.74) is 1.15. The summed E-state index contributed by atoms with van der Waals surface area (Å²) in [4.78, 5) is 17.3. The van der Waals surface area contributed by atoms with Gasteiger partial charge < -0.3 is 14.2 Å². The minimum atomic E-state index is -0.415. The van der Waals surface area contributed by atoms with E-state index in [1.807, 2.05) is 11.8 Å². The molecule has 0 N–H and O–H groups in total. The summed E-state index contributed by atoms with van der Waals surface area (Å²) in [6.45, 7) is 8.81. The summed E-state index contributed by atoms with van der Waals surface area (Å²) in [7, 11) is 0. The molecule has 0 bridgehead atoms. The van der Waals surface area contributed by atoms with Crippen molar-refractivity contribution >= 4 is 16.9 Å². The van der Waals surface area contributed by atoms with Crippen molar-refractivity contribution in [2.45, 2.75) is 26.7 Å². The van der Waals surface area contributed by atoms with Gasteiger partial charge in [0.15, 0.2) is 17.2 Å². The zero-order valence-electron chi connectivity index (χ0n) is 14.3. The van der Waals surface area contributed by atoms with Crippen LogP contribution in [0.25, 0.3) is 11.0 Å². The second-order valence-corrected chi connectivity index (χ2v) is 7.27. The second kappa shape index (κ2) is 5.59. The highest BCUT2D eigenvalue weighted by Gasteiger charge is 2.45. The standard InChI is InChI=1S/C19H23FN2O2/c1-3-21-9-7-19(11-21)8-10-22(12-19)18(23)16-13(2)14-5-4-6-15(20)17(14)24-16/h4-6H,3,7-12H2,1-2H3. The third-order valence-electron chi connectivity index (χ3n) is 5.80. The predicted octanol–water partition coefficient (Wildman–Crippen LogP) is 3.44. The summed E-state index contributed by atoms with van der Waals surface area (Å²) in [6, 6.07) is 4.81. The van der Waals surface area contributed by atoms with Gasteiger partial charge in [0.25, 0.3) is 5.91 Å². The van der Waals surface area contributed by atoms with Gasteiger partial charge in [0.05, 0.1) is 0 Å². The van der Waals surface area contributed by atoms with Crippen LogP contribution in [0.1, 0.15) is 35.9 Å². The van der Waals surface area contributed by atoms with Crippen LogP contribution in [0.2, 0.25) is 0 Å².